The van der Waals surface area contributed by atoms with Crippen LogP contribution in [-0.2, 0) is 31.4 Å². The molecule has 2 heterocycles. The van der Waals surface area contributed by atoms with Gasteiger partial charge in [-0.25, -0.2) is 12.7 Å². The summed E-state index contributed by atoms with van der Waals surface area (Å²) in [7, 11) is -5.63. The Labute approximate surface area is 299 Å². The second-order valence-corrected chi connectivity index (χ2v) is 22.4. The van der Waals surface area contributed by atoms with Crippen molar-refractivity contribution in [2.75, 3.05) is 17.6 Å². The third-order valence-corrected chi connectivity index (χ3v) is 13.6. The first-order valence-electron chi connectivity index (χ1n) is 16.7. The standard InChI is InChI=1S/C35H46BrClN4O5SSi/c1-6-7-14-31-38-35(17-10-11-18-35)34(42)40(31)23-26-15-16-28(27(21-26)22-36)29-12-8-9-13-30(29)47(43,44)41(24-45-19-20-48(3,4)5)33-32(37)25(2)46-39-33/h8-9,12-13,15-16,21H,6-7,10-11,14,17-20,22-24H2,1-5H3. The molecule has 1 aliphatic carbocycles. The molecule has 2 aliphatic rings. The Hall–Kier alpha value is -2.51. The number of aliphatic imine (C=N–C) groups is 1. The monoisotopic (exact) mass is 776 g/mol. The molecule has 3 aromatic rings. The molecule has 0 saturated heterocycles. The zero-order valence-corrected chi connectivity index (χ0v) is 32.7. The first-order chi connectivity index (χ1) is 22.8. The van der Waals surface area contributed by atoms with Gasteiger partial charge < -0.3 is 9.26 Å². The SMILES string of the molecule is CCCCC1=NC2(CCCC2)C(=O)N1Cc1ccc(-c2ccccc2S(=O)(=O)N(COCC[Si](C)(C)C)c2noc(C)c2Cl)c(CBr)c1. The lowest BCUT2D eigenvalue weighted by atomic mass is 9.97. The van der Waals surface area contributed by atoms with Gasteiger partial charge in [0.25, 0.3) is 15.9 Å². The van der Waals surface area contributed by atoms with E-state index in [1.165, 1.54) is 0 Å². The van der Waals surface area contributed by atoms with E-state index in [9.17, 15) is 13.2 Å². The predicted octanol–water partition coefficient (Wildman–Crippen LogP) is 8.95. The molecule has 0 bridgehead atoms. The van der Waals surface area contributed by atoms with E-state index in [2.05, 4.69) is 47.7 Å². The fourth-order valence-corrected chi connectivity index (χ4v) is 9.26. The van der Waals surface area contributed by atoms with Crippen LogP contribution in [0.3, 0.4) is 0 Å². The van der Waals surface area contributed by atoms with Gasteiger partial charge in [0.2, 0.25) is 5.82 Å². The topological polar surface area (TPSA) is 105 Å². The molecular formula is C35H46BrClN4O5SSi. The molecule has 0 atom stereocenters. The fraction of sp³-hybridized carbons (Fsp3) is 0.514. The van der Waals surface area contributed by atoms with Crippen LogP contribution in [0.4, 0.5) is 5.82 Å². The van der Waals surface area contributed by atoms with Crippen molar-refractivity contribution in [1.29, 1.82) is 0 Å². The molecule has 1 spiro atoms. The molecule has 0 unspecified atom stereocenters. The number of aryl methyl sites for hydroxylation is 1. The maximum atomic E-state index is 14.5. The quantitative estimate of drug-likeness (QED) is 0.0661. The smallest absolute Gasteiger partial charge is 0.268 e. The minimum Gasteiger partial charge on any atom is -0.360 e. The molecule has 2 aromatic carbocycles. The number of carbonyl (C=O) groups is 1. The minimum absolute atomic E-state index is 0.0103. The van der Waals surface area contributed by atoms with E-state index < -0.39 is 23.6 Å². The summed E-state index contributed by atoms with van der Waals surface area (Å²) in [6.45, 7) is 11.1. The highest BCUT2D eigenvalue weighted by Gasteiger charge is 2.49. The molecule has 1 fully saturated rings. The van der Waals surface area contributed by atoms with E-state index in [4.69, 9.17) is 25.9 Å². The van der Waals surface area contributed by atoms with Gasteiger partial charge in [-0.1, -0.05) is 115 Å². The molecule has 13 heteroatoms. The number of alkyl halides is 1. The first kappa shape index (κ1) is 36.8. The largest absolute Gasteiger partial charge is 0.360 e. The number of halogens is 2. The first-order valence-corrected chi connectivity index (χ1v) is 23.4. The molecular weight excluding hydrogens is 732 g/mol. The maximum absolute atomic E-state index is 14.5. The van der Waals surface area contributed by atoms with Gasteiger partial charge >= 0.3 is 0 Å². The Morgan fingerprint density at radius 1 is 1.12 bits per heavy atom. The highest BCUT2D eigenvalue weighted by molar-refractivity contribution is 9.08. The van der Waals surface area contributed by atoms with Gasteiger partial charge in [-0.15, -0.1) is 0 Å². The van der Waals surface area contributed by atoms with Crippen molar-refractivity contribution >= 4 is 63.2 Å². The van der Waals surface area contributed by atoms with Gasteiger partial charge in [-0.2, -0.15) is 0 Å². The van der Waals surface area contributed by atoms with Crippen molar-refractivity contribution in [3.8, 4) is 11.1 Å². The number of carbonyl (C=O) groups excluding carboxylic acids is 1. The highest BCUT2D eigenvalue weighted by Crippen LogP contribution is 2.41. The average molecular weight is 778 g/mol. The van der Waals surface area contributed by atoms with Crippen molar-refractivity contribution in [2.24, 2.45) is 4.99 Å². The third kappa shape index (κ3) is 7.77. The molecule has 1 saturated carbocycles. The summed E-state index contributed by atoms with van der Waals surface area (Å²) in [4.78, 5) is 20.8. The van der Waals surface area contributed by atoms with Crippen LogP contribution in [0.2, 0.25) is 30.7 Å². The molecule has 1 aromatic heterocycles. The zero-order valence-electron chi connectivity index (χ0n) is 28.5. The molecule has 9 nitrogen and oxygen atoms in total. The Morgan fingerprint density at radius 2 is 1.85 bits per heavy atom. The Bertz CT molecular complexity index is 1770. The number of ether oxygens (including phenoxy) is 1. The Morgan fingerprint density at radius 3 is 2.50 bits per heavy atom. The van der Waals surface area contributed by atoms with Crippen molar-refractivity contribution < 1.29 is 22.5 Å². The third-order valence-electron chi connectivity index (χ3n) is 9.10. The second-order valence-electron chi connectivity index (χ2n) is 14.0. The number of aromatic nitrogens is 1. The number of sulfonamides is 1. The fourth-order valence-electron chi connectivity index (χ4n) is 6.31. The van der Waals surface area contributed by atoms with Crippen molar-refractivity contribution in [3.63, 3.8) is 0 Å². The summed E-state index contributed by atoms with van der Waals surface area (Å²) in [5.74, 6) is 1.31. The predicted molar refractivity (Wildman–Crippen MR) is 198 cm³/mol. The molecule has 0 N–H and O–H groups in total. The minimum atomic E-state index is -4.22. The van der Waals surface area contributed by atoms with Crippen molar-refractivity contribution in [1.82, 2.24) is 10.1 Å². The molecule has 1 aliphatic heterocycles. The second kappa shape index (κ2) is 15.2. The van der Waals surface area contributed by atoms with E-state index in [-0.39, 0.29) is 28.4 Å². The summed E-state index contributed by atoms with van der Waals surface area (Å²) < 4.78 is 41.3. The lowest BCUT2D eigenvalue weighted by Gasteiger charge is -2.25. The van der Waals surface area contributed by atoms with Crippen molar-refractivity contribution in [2.45, 2.75) is 107 Å². The number of anilines is 1. The average Bonchev–Trinajstić information content (AvgIpc) is 3.74. The number of unbranched alkanes of at least 4 members (excludes halogenated alkanes) is 1. The van der Waals surface area contributed by atoms with Crippen molar-refractivity contribution in [3.05, 3.63) is 64.4 Å². The van der Waals surface area contributed by atoms with E-state index in [0.29, 0.717) is 29.8 Å². The van der Waals surface area contributed by atoms with E-state index in [1.54, 1.807) is 25.1 Å². The number of hydrogen-bond donors (Lipinski definition) is 0. The normalized spacial score (nSPS) is 16.3. The number of rotatable bonds is 15. The van der Waals surface area contributed by atoms with Crippen LogP contribution < -0.4 is 4.31 Å². The number of nitrogens with zero attached hydrogens (tertiary/aromatic N) is 4. The van der Waals surface area contributed by atoms with Gasteiger partial charge in [-0.3, -0.25) is 14.7 Å². The number of benzene rings is 2. The highest BCUT2D eigenvalue weighted by atomic mass is 79.9. The number of amides is 1. The van der Waals surface area contributed by atoms with Gasteiger partial charge in [0.1, 0.15) is 23.1 Å². The summed E-state index contributed by atoms with van der Waals surface area (Å²) in [6, 6.07) is 13.8. The molecule has 1 amide bonds. The zero-order chi connectivity index (χ0) is 34.7. The van der Waals surface area contributed by atoms with Crippen LogP contribution >= 0.6 is 27.5 Å². The van der Waals surface area contributed by atoms with Gasteiger partial charge in [0.15, 0.2) is 5.76 Å². The van der Waals surface area contributed by atoms with E-state index in [1.807, 2.05) is 29.2 Å². The lowest BCUT2D eigenvalue weighted by molar-refractivity contribution is -0.131. The summed E-state index contributed by atoms with van der Waals surface area (Å²) >= 11 is 10.2. The van der Waals surface area contributed by atoms with Gasteiger partial charge in [-0.05, 0) is 55.0 Å². The van der Waals surface area contributed by atoms with Crippen LogP contribution in [-0.4, -0.2) is 57.2 Å². The molecule has 260 valence electrons. The number of hydrogen-bond acceptors (Lipinski definition) is 7. The van der Waals surface area contributed by atoms with Gasteiger partial charge in [0, 0.05) is 32.0 Å². The van der Waals surface area contributed by atoms with Gasteiger partial charge in [0.05, 0.1) is 11.4 Å². The van der Waals surface area contributed by atoms with Crippen LogP contribution in [0, 0.1) is 6.92 Å². The van der Waals surface area contributed by atoms with E-state index in [0.717, 1.165) is 77.8 Å². The van der Waals surface area contributed by atoms with Crippen LogP contribution in [0.5, 0.6) is 0 Å². The van der Waals surface area contributed by atoms with Crippen LogP contribution in [0.1, 0.15) is 68.8 Å². The summed E-state index contributed by atoms with van der Waals surface area (Å²) in [5, 5.41) is 4.61. The summed E-state index contributed by atoms with van der Waals surface area (Å²) in [6.07, 6.45) is 6.48. The maximum Gasteiger partial charge on any atom is 0.268 e. The molecule has 0 radical (unpaired) electrons. The summed E-state index contributed by atoms with van der Waals surface area (Å²) in [5.41, 5.74) is 2.57. The lowest BCUT2D eigenvalue weighted by Crippen LogP contribution is -2.40. The molecule has 5 rings (SSSR count). The van der Waals surface area contributed by atoms with Crippen LogP contribution in [0.15, 0.2) is 56.9 Å². The Kier molecular flexibility index (Phi) is 11.6. The molecule has 48 heavy (non-hydrogen) atoms. The van der Waals surface area contributed by atoms with Crippen LogP contribution in [0.25, 0.3) is 11.1 Å². The number of amidine groups is 1. The van der Waals surface area contributed by atoms with E-state index >= 15 is 0 Å². The Balaban J connectivity index is 1.47.